The third kappa shape index (κ3) is 2.11. The van der Waals surface area contributed by atoms with Gasteiger partial charge in [0, 0.05) is 10.7 Å². The Morgan fingerprint density at radius 3 is 2.94 bits per heavy atom. The van der Waals surface area contributed by atoms with Crippen LogP contribution in [-0.2, 0) is 6.54 Å². The van der Waals surface area contributed by atoms with Crippen LogP contribution in [-0.4, -0.2) is 14.5 Å². The first-order valence-electron chi connectivity index (χ1n) is 5.52. The quantitative estimate of drug-likeness (QED) is 0.727. The lowest BCUT2D eigenvalue weighted by atomic mass is 10.3. The minimum atomic E-state index is 0.682. The molecule has 0 amide bonds. The smallest absolute Gasteiger partial charge is 0.178 e. The number of aromatic nitrogens is 3. The van der Waals surface area contributed by atoms with Crippen LogP contribution < -0.4 is 0 Å². The molecule has 0 spiro atoms. The molecule has 0 aliphatic carbocycles. The zero-order valence-corrected chi connectivity index (χ0v) is 11.8. The molecule has 3 rings (SSSR count). The SMILES string of the molecule is S=c1[nH]c2cc(Br)ccc2n1Cc1ccccn1. The highest BCUT2D eigenvalue weighted by Gasteiger charge is 2.05. The summed E-state index contributed by atoms with van der Waals surface area (Å²) in [4.78, 5) is 7.54. The van der Waals surface area contributed by atoms with Crippen LogP contribution in [0.2, 0.25) is 0 Å². The van der Waals surface area contributed by atoms with E-state index in [4.69, 9.17) is 12.2 Å². The number of fused-ring (bicyclic) bond motifs is 1. The van der Waals surface area contributed by atoms with E-state index in [1.54, 1.807) is 6.20 Å². The van der Waals surface area contributed by atoms with Crippen molar-refractivity contribution in [3.05, 3.63) is 57.5 Å². The normalized spacial score (nSPS) is 10.9. The molecule has 3 aromatic rings. The van der Waals surface area contributed by atoms with E-state index in [1.165, 1.54) is 0 Å². The number of hydrogen-bond acceptors (Lipinski definition) is 2. The predicted molar refractivity (Wildman–Crippen MR) is 78.2 cm³/mol. The van der Waals surface area contributed by atoms with Gasteiger partial charge in [-0.1, -0.05) is 22.0 Å². The molecular formula is C13H10BrN3S. The Kier molecular flexibility index (Phi) is 3.01. The fourth-order valence-electron chi connectivity index (χ4n) is 1.95. The van der Waals surface area contributed by atoms with Crippen molar-refractivity contribution in [1.82, 2.24) is 14.5 Å². The molecule has 1 aromatic carbocycles. The van der Waals surface area contributed by atoms with E-state index < -0.39 is 0 Å². The molecule has 5 heteroatoms. The molecule has 0 fully saturated rings. The van der Waals surface area contributed by atoms with Gasteiger partial charge in [0.25, 0.3) is 0 Å². The maximum absolute atomic E-state index is 5.36. The number of H-pyrrole nitrogens is 1. The molecule has 0 atom stereocenters. The average Bonchev–Trinajstić information content (AvgIpc) is 2.66. The Hall–Kier alpha value is -1.46. The summed E-state index contributed by atoms with van der Waals surface area (Å²) in [6, 6.07) is 12.0. The van der Waals surface area contributed by atoms with Gasteiger partial charge in [-0.3, -0.25) is 4.98 Å². The second-order valence-corrected chi connectivity index (χ2v) is 5.30. The largest absolute Gasteiger partial charge is 0.331 e. The van der Waals surface area contributed by atoms with Gasteiger partial charge in [-0.15, -0.1) is 0 Å². The van der Waals surface area contributed by atoms with Crippen LogP contribution >= 0.6 is 28.1 Å². The third-order valence-corrected chi connectivity index (χ3v) is 3.60. The molecule has 1 N–H and O–H groups in total. The number of rotatable bonds is 2. The van der Waals surface area contributed by atoms with Gasteiger partial charge < -0.3 is 9.55 Å². The Labute approximate surface area is 118 Å². The second-order valence-electron chi connectivity index (χ2n) is 4.00. The van der Waals surface area contributed by atoms with Crippen LogP contribution in [0.3, 0.4) is 0 Å². The molecule has 90 valence electrons. The Balaban J connectivity index is 2.12. The Bertz CT molecular complexity index is 746. The minimum absolute atomic E-state index is 0.682. The number of benzene rings is 1. The van der Waals surface area contributed by atoms with Crippen molar-refractivity contribution in [2.75, 3.05) is 0 Å². The fourth-order valence-corrected chi connectivity index (χ4v) is 2.58. The molecular weight excluding hydrogens is 310 g/mol. The van der Waals surface area contributed by atoms with Crippen LogP contribution in [0.15, 0.2) is 47.1 Å². The maximum atomic E-state index is 5.36. The number of imidazole rings is 1. The number of halogens is 1. The molecule has 0 unspecified atom stereocenters. The summed E-state index contributed by atoms with van der Waals surface area (Å²) in [6.07, 6.45) is 1.80. The molecule has 0 saturated heterocycles. The lowest BCUT2D eigenvalue weighted by molar-refractivity contribution is 0.785. The molecule has 0 saturated carbocycles. The molecule has 18 heavy (non-hydrogen) atoms. The van der Waals surface area contributed by atoms with E-state index in [0.29, 0.717) is 11.3 Å². The third-order valence-electron chi connectivity index (χ3n) is 2.78. The molecule has 2 heterocycles. The van der Waals surface area contributed by atoms with E-state index in [9.17, 15) is 0 Å². The van der Waals surface area contributed by atoms with Crippen molar-refractivity contribution < 1.29 is 0 Å². The van der Waals surface area contributed by atoms with E-state index in [2.05, 4.69) is 36.5 Å². The maximum Gasteiger partial charge on any atom is 0.178 e. The van der Waals surface area contributed by atoms with Crippen LogP contribution in [0.4, 0.5) is 0 Å². The van der Waals surface area contributed by atoms with Crippen molar-refractivity contribution >= 4 is 39.2 Å². The molecule has 0 bridgehead atoms. The highest BCUT2D eigenvalue weighted by Crippen LogP contribution is 2.20. The van der Waals surface area contributed by atoms with Crippen LogP contribution in [0.1, 0.15) is 5.69 Å². The molecule has 0 radical (unpaired) electrons. The Morgan fingerprint density at radius 2 is 2.17 bits per heavy atom. The first-order valence-corrected chi connectivity index (χ1v) is 6.72. The van der Waals surface area contributed by atoms with Crippen molar-refractivity contribution in [3.63, 3.8) is 0 Å². The molecule has 2 aromatic heterocycles. The molecule has 0 aliphatic rings. The molecule has 3 nitrogen and oxygen atoms in total. The van der Waals surface area contributed by atoms with Crippen molar-refractivity contribution in [3.8, 4) is 0 Å². The van der Waals surface area contributed by atoms with Crippen LogP contribution in [0.5, 0.6) is 0 Å². The van der Waals surface area contributed by atoms with Crippen molar-refractivity contribution in [2.45, 2.75) is 6.54 Å². The lowest BCUT2D eigenvalue weighted by Gasteiger charge is -2.03. The van der Waals surface area contributed by atoms with Gasteiger partial charge >= 0.3 is 0 Å². The van der Waals surface area contributed by atoms with E-state index in [-0.39, 0.29) is 0 Å². The summed E-state index contributed by atoms with van der Waals surface area (Å²) in [5, 5.41) is 0. The van der Waals surface area contributed by atoms with Crippen LogP contribution in [0.25, 0.3) is 11.0 Å². The lowest BCUT2D eigenvalue weighted by Crippen LogP contribution is -2.01. The summed E-state index contributed by atoms with van der Waals surface area (Å²) < 4.78 is 3.81. The molecule has 0 aliphatic heterocycles. The van der Waals surface area contributed by atoms with Gasteiger partial charge in [-0.2, -0.15) is 0 Å². The van der Waals surface area contributed by atoms with E-state index >= 15 is 0 Å². The van der Waals surface area contributed by atoms with Gasteiger partial charge in [0.1, 0.15) is 0 Å². The van der Waals surface area contributed by atoms with E-state index in [1.807, 2.05) is 30.3 Å². The van der Waals surface area contributed by atoms with Gasteiger partial charge in [0.2, 0.25) is 0 Å². The summed E-state index contributed by atoms with van der Waals surface area (Å²) in [6.45, 7) is 0.682. The average molecular weight is 320 g/mol. The first kappa shape index (κ1) is 11.6. The van der Waals surface area contributed by atoms with Gasteiger partial charge in [-0.05, 0) is 42.5 Å². The van der Waals surface area contributed by atoms with Crippen molar-refractivity contribution in [1.29, 1.82) is 0 Å². The van der Waals surface area contributed by atoms with Gasteiger partial charge in [0.05, 0.1) is 23.3 Å². The predicted octanol–water partition coefficient (Wildman–Crippen LogP) is 3.90. The summed E-state index contributed by atoms with van der Waals surface area (Å²) in [5.74, 6) is 0. The van der Waals surface area contributed by atoms with Crippen molar-refractivity contribution in [2.24, 2.45) is 0 Å². The zero-order valence-electron chi connectivity index (χ0n) is 9.43. The number of pyridine rings is 1. The van der Waals surface area contributed by atoms with Gasteiger partial charge in [0.15, 0.2) is 4.77 Å². The number of nitrogens with one attached hydrogen (secondary N) is 1. The minimum Gasteiger partial charge on any atom is -0.331 e. The Morgan fingerprint density at radius 1 is 1.28 bits per heavy atom. The number of nitrogens with zero attached hydrogens (tertiary/aromatic N) is 2. The summed E-state index contributed by atoms with van der Waals surface area (Å²) >= 11 is 8.82. The van der Waals surface area contributed by atoms with Gasteiger partial charge in [-0.25, -0.2) is 0 Å². The number of aromatic amines is 1. The standard InChI is InChI=1S/C13H10BrN3S/c14-9-4-5-12-11(7-9)16-13(18)17(12)8-10-3-1-2-6-15-10/h1-7H,8H2,(H,16,18). The topological polar surface area (TPSA) is 33.6 Å². The number of hydrogen-bond donors (Lipinski definition) is 1. The fraction of sp³-hybridized carbons (Fsp3) is 0.0769. The van der Waals surface area contributed by atoms with E-state index in [0.717, 1.165) is 21.2 Å². The summed E-state index contributed by atoms with van der Waals surface area (Å²) in [5.41, 5.74) is 3.12. The highest BCUT2D eigenvalue weighted by molar-refractivity contribution is 9.10. The monoisotopic (exact) mass is 319 g/mol. The second kappa shape index (κ2) is 4.66. The zero-order chi connectivity index (χ0) is 12.5. The first-order chi connectivity index (χ1) is 8.74. The summed E-state index contributed by atoms with van der Waals surface area (Å²) in [7, 11) is 0. The van der Waals surface area contributed by atoms with Crippen LogP contribution in [0, 0.1) is 4.77 Å². The highest BCUT2D eigenvalue weighted by atomic mass is 79.9.